The van der Waals surface area contributed by atoms with Gasteiger partial charge in [0, 0.05) is 16.8 Å². The van der Waals surface area contributed by atoms with Crippen LogP contribution in [0.2, 0.25) is 0 Å². The lowest BCUT2D eigenvalue weighted by atomic mass is 10.2. The Balaban J connectivity index is 2.15. The number of thiazole rings is 1. The van der Waals surface area contributed by atoms with Gasteiger partial charge >= 0.3 is 5.97 Å². The molecule has 6 heteroatoms. The molecule has 2 N–H and O–H groups in total. The number of carboxylic acid groups (broad SMARTS) is 1. The van der Waals surface area contributed by atoms with Gasteiger partial charge in [-0.15, -0.1) is 11.3 Å². The summed E-state index contributed by atoms with van der Waals surface area (Å²) >= 11 is 1.57. The minimum absolute atomic E-state index is 0.0613. The fraction of sp³-hybridized carbons (Fsp3) is 0.231. The Bertz CT molecular complexity index is 612. The molecule has 0 saturated heterocycles. The molecular formula is C13H13FN2O2S. The highest BCUT2D eigenvalue weighted by Gasteiger charge is 2.13. The average Bonchev–Trinajstić information content (AvgIpc) is 2.75. The number of aryl methyl sites for hydroxylation is 1. The monoisotopic (exact) mass is 280 g/mol. The summed E-state index contributed by atoms with van der Waals surface area (Å²) in [5.74, 6) is -2.02. The van der Waals surface area contributed by atoms with E-state index in [9.17, 15) is 9.18 Å². The topological polar surface area (TPSA) is 62.2 Å². The van der Waals surface area contributed by atoms with Gasteiger partial charge < -0.3 is 10.4 Å². The quantitative estimate of drug-likeness (QED) is 0.900. The number of aromatic carboxylic acids is 1. The van der Waals surface area contributed by atoms with Crippen molar-refractivity contribution in [1.82, 2.24) is 4.98 Å². The molecule has 1 aromatic carbocycles. The molecule has 0 aliphatic carbocycles. The molecule has 1 unspecified atom stereocenters. The summed E-state index contributed by atoms with van der Waals surface area (Å²) in [5.41, 5.74) is 0.200. The fourth-order valence-corrected chi connectivity index (χ4v) is 2.44. The van der Waals surface area contributed by atoms with Crippen molar-refractivity contribution in [2.75, 3.05) is 5.32 Å². The van der Waals surface area contributed by atoms with Gasteiger partial charge in [-0.2, -0.15) is 0 Å². The van der Waals surface area contributed by atoms with E-state index in [1.54, 1.807) is 23.6 Å². The first-order valence-electron chi connectivity index (χ1n) is 5.69. The molecule has 2 rings (SSSR count). The van der Waals surface area contributed by atoms with Gasteiger partial charge in [0.2, 0.25) is 0 Å². The van der Waals surface area contributed by atoms with Gasteiger partial charge in [0.25, 0.3) is 0 Å². The molecule has 0 radical (unpaired) electrons. The van der Waals surface area contributed by atoms with Gasteiger partial charge in [-0.1, -0.05) is 0 Å². The second-order valence-corrected chi connectivity index (χ2v) is 5.44. The molecule has 0 fully saturated rings. The summed E-state index contributed by atoms with van der Waals surface area (Å²) in [4.78, 5) is 16.1. The van der Waals surface area contributed by atoms with Crippen molar-refractivity contribution >= 4 is 23.0 Å². The van der Waals surface area contributed by atoms with Crippen LogP contribution >= 0.6 is 11.3 Å². The van der Waals surface area contributed by atoms with Crippen LogP contribution in [0.15, 0.2) is 24.4 Å². The lowest BCUT2D eigenvalue weighted by Gasteiger charge is -2.13. The Hall–Kier alpha value is -1.95. The molecule has 0 bridgehead atoms. The SMILES string of the molecule is Cc1cnc(C(C)Nc2ccc(C(=O)O)c(F)c2)s1. The number of hydrogen-bond donors (Lipinski definition) is 2. The summed E-state index contributed by atoms with van der Waals surface area (Å²) in [6, 6.07) is 3.91. The van der Waals surface area contributed by atoms with Crippen LogP contribution in [0.4, 0.5) is 10.1 Å². The van der Waals surface area contributed by atoms with Crippen LogP contribution in [0.5, 0.6) is 0 Å². The van der Waals surface area contributed by atoms with E-state index in [0.29, 0.717) is 5.69 Å². The lowest BCUT2D eigenvalue weighted by molar-refractivity contribution is 0.0692. The van der Waals surface area contributed by atoms with Crippen molar-refractivity contribution in [3.8, 4) is 0 Å². The van der Waals surface area contributed by atoms with E-state index < -0.39 is 11.8 Å². The summed E-state index contributed by atoms with van der Waals surface area (Å²) in [5, 5.41) is 12.7. The second kappa shape index (κ2) is 5.36. The number of rotatable bonds is 4. The third-order valence-corrected chi connectivity index (χ3v) is 3.69. The number of anilines is 1. The second-order valence-electron chi connectivity index (χ2n) is 4.17. The Morgan fingerprint density at radius 3 is 2.79 bits per heavy atom. The van der Waals surface area contributed by atoms with Crippen LogP contribution in [0.25, 0.3) is 0 Å². The van der Waals surface area contributed by atoms with Crippen LogP contribution in [0.3, 0.4) is 0 Å². The van der Waals surface area contributed by atoms with E-state index in [0.717, 1.165) is 9.88 Å². The van der Waals surface area contributed by atoms with Gasteiger partial charge in [-0.05, 0) is 32.0 Å². The highest BCUT2D eigenvalue weighted by Crippen LogP contribution is 2.24. The van der Waals surface area contributed by atoms with Gasteiger partial charge in [-0.3, -0.25) is 0 Å². The first-order valence-corrected chi connectivity index (χ1v) is 6.50. The molecule has 1 aromatic heterocycles. The first-order chi connectivity index (χ1) is 8.97. The molecule has 1 heterocycles. The van der Waals surface area contributed by atoms with E-state index >= 15 is 0 Å². The van der Waals surface area contributed by atoms with E-state index in [4.69, 9.17) is 5.11 Å². The molecule has 0 amide bonds. The summed E-state index contributed by atoms with van der Waals surface area (Å²) < 4.78 is 13.5. The van der Waals surface area contributed by atoms with Gasteiger partial charge in [0.05, 0.1) is 11.6 Å². The van der Waals surface area contributed by atoms with E-state index in [1.165, 1.54) is 12.1 Å². The zero-order valence-electron chi connectivity index (χ0n) is 10.5. The minimum atomic E-state index is -1.27. The minimum Gasteiger partial charge on any atom is -0.478 e. The summed E-state index contributed by atoms with van der Waals surface area (Å²) in [7, 11) is 0. The van der Waals surface area contributed by atoms with Crippen molar-refractivity contribution < 1.29 is 14.3 Å². The maximum atomic E-state index is 13.5. The van der Waals surface area contributed by atoms with Crippen LogP contribution in [0.1, 0.15) is 33.2 Å². The molecule has 19 heavy (non-hydrogen) atoms. The zero-order chi connectivity index (χ0) is 14.0. The molecule has 0 saturated carbocycles. The number of benzene rings is 1. The number of nitrogens with zero attached hydrogens (tertiary/aromatic N) is 1. The third-order valence-electron chi connectivity index (χ3n) is 2.59. The van der Waals surface area contributed by atoms with Gasteiger partial charge in [0.1, 0.15) is 10.8 Å². The van der Waals surface area contributed by atoms with E-state index in [1.807, 2.05) is 13.8 Å². The highest BCUT2D eigenvalue weighted by molar-refractivity contribution is 7.11. The van der Waals surface area contributed by atoms with Crippen molar-refractivity contribution in [2.24, 2.45) is 0 Å². The largest absolute Gasteiger partial charge is 0.478 e. The molecule has 0 spiro atoms. The molecule has 100 valence electrons. The smallest absolute Gasteiger partial charge is 0.338 e. The predicted molar refractivity (Wildman–Crippen MR) is 72.2 cm³/mol. The number of hydrogen-bond acceptors (Lipinski definition) is 4. The summed E-state index contributed by atoms with van der Waals surface area (Å²) in [6.45, 7) is 3.89. The van der Waals surface area contributed by atoms with Crippen molar-refractivity contribution in [3.05, 3.63) is 45.7 Å². The van der Waals surface area contributed by atoms with Crippen molar-refractivity contribution in [3.63, 3.8) is 0 Å². The zero-order valence-corrected chi connectivity index (χ0v) is 11.3. The van der Waals surface area contributed by atoms with Crippen LogP contribution in [-0.2, 0) is 0 Å². The number of aromatic nitrogens is 1. The van der Waals surface area contributed by atoms with Gasteiger partial charge in [0.15, 0.2) is 0 Å². The Morgan fingerprint density at radius 1 is 1.53 bits per heavy atom. The molecule has 1 atom stereocenters. The van der Waals surface area contributed by atoms with Gasteiger partial charge in [-0.25, -0.2) is 14.2 Å². The maximum absolute atomic E-state index is 13.5. The first kappa shape index (κ1) is 13.5. The van der Waals surface area contributed by atoms with Crippen molar-refractivity contribution in [2.45, 2.75) is 19.9 Å². The Kier molecular flexibility index (Phi) is 3.80. The third kappa shape index (κ3) is 3.08. The van der Waals surface area contributed by atoms with Crippen LogP contribution in [0, 0.1) is 12.7 Å². The molecule has 4 nitrogen and oxygen atoms in total. The standard InChI is InChI=1S/C13H13FN2O2S/c1-7-6-15-12(19-7)8(2)16-9-3-4-10(13(17)18)11(14)5-9/h3-6,8,16H,1-2H3,(H,17,18). The molecule has 2 aromatic rings. The Labute approximate surface area is 113 Å². The Morgan fingerprint density at radius 2 is 2.26 bits per heavy atom. The fourth-order valence-electron chi connectivity index (χ4n) is 1.66. The lowest BCUT2D eigenvalue weighted by Crippen LogP contribution is -2.07. The van der Waals surface area contributed by atoms with E-state index in [2.05, 4.69) is 10.3 Å². The van der Waals surface area contributed by atoms with Crippen LogP contribution in [-0.4, -0.2) is 16.1 Å². The van der Waals surface area contributed by atoms with Crippen LogP contribution < -0.4 is 5.32 Å². The normalized spacial score (nSPS) is 12.2. The molecule has 0 aliphatic rings. The summed E-state index contributed by atoms with van der Waals surface area (Å²) in [6.07, 6.45) is 1.78. The number of halogens is 1. The van der Waals surface area contributed by atoms with E-state index in [-0.39, 0.29) is 11.6 Å². The highest BCUT2D eigenvalue weighted by atomic mass is 32.1. The average molecular weight is 280 g/mol. The predicted octanol–water partition coefficient (Wildman–Crippen LogP) is 3.46. The number of carboxylic acids is 1. The number of carbonyl (C=O) groups is 1. The van der Waals surface area contributed by atoms with Crippen molar-refractivity contribution in [1.29, 1.82) is 0 Å². The molecular weight excluding hydrogens is 267 g/mol. The molecule has 0 aliphatic heterocycles. The maximum Gasteiger partial charge on any atom is 0.338 e. The number of nitrogens with one attached hydrogen (secondary N) is 1.